The minimum Gasteiger partial charge on any atom is -0.316 e. The van der Waals surface area contributed by atoms with Gasteiger partial charge in [0.15, 0.2) is 0 Å². The van der Waals surface area contributed by atoms with Crippen molar-refractivity contribution in [2.24, 2.45) is 17.8 Å². The fourth-order valence-electron chi connectivity index (χ4n) is 1.99. The third-order valence-corrected chi connectivity index (χ3v) is 3.22. The lowest BCUT2D eigenvalue weighted by atomic mass is 9.90. The average Bonchev–Trinajstić information content (AvgIpc) is 2.25. The Kier molecular flexibility index (Phi) is 5.83. The maximum atomic E-state index is 3.51. The van der Waals surface area contributed by atoms with Crippen molar-refractivity contribution in [2.45, 2.75) is 40.5 Å². The van der Waals surface area contributed by atoms with Gasteiger partial charge in [-0.15, -0.1) is 0 Å². The van der Waals surface area contributed by atoms with Gasteiger partial charge < -0.3 is 5.32 Å². The second kappa shape index (κ2) is 6.90. The molecule has 0 saturated heterocycles. The molecular weight excluding hydrogens is 194 g/mol. The van der Waals surface area contributed by atoms with E-state index in [-0.39, 0.29) is 0 Å². The van der Waals surface area contributed by atoms with Crippen LogP contribution in [-0.2, 0) is 0 Å². The zero-order valence-electron chi connectivity index (χ0n) is 11.3. The van der Waals surface area contributed by atoms with Crippen molar-refractivity contribution in [1.82, 2.24) is 5.32 Å². The molecule has 1 rings (SSSR count). The van der Waals surface area contributed by atoms with Gasteiger partial charge in [-0.3, -0.25) is 0 Å². The van der Waals surface area contributed by atoms with Gasteiger partial charge in [0.1, 0.15) is 0 Å². The number of hydrogen-bond acceptors (Lipinski definition) is 1. The van der Waals surface area contributed by atoms with Gasteiger partial charge in [-0.1, -0.05) is 45.9 Å². The molecule has 0 radical (unpaired) electrons. The van der Waals surface area contributed by atoms with Crippen LogP contribution in [-0.4, -0.2) is 13.1 Å². The molecule has 0 heterocycles. The molecular formula is C15H27N. The van der Waals surface area contributed by atoms with E-state index in [2.05, 4.69) is 51.2 Å². The summed E-state index contributed by atoms with van der Waals surface area (Å²) >= 11 is 0. The molecule has 2 unspecified atom stereocenters. The van der Waals surface area contributed by atoms with Crippen molar-refractivity contribution in [3.8, 4) is 0 Å². The predicted octanol–water partition coefficient (Wildman–Crippen LogP) is 3.78. The lowest BCUT2D eigenvalue weighted by Gasteiger charge is -2.18. The highest BCUT2D eigenvalue weighted by atomic mass is 14.8. The standard InChI is InChI=1S/C15H27N/c1-12(2)11-16-10-9-14(4)15-7-5-13(3)6-8-15/h5,7-8,12-14,16H,6,9-11H2,1-4H3. The molecule has 1 aliphatic carbocycles. The Bertz CT molecular complexity index is 250. The van der Waals surface area contributed by atoms with Crippen LogP contribution in [0.15, 0.2) is 23.8 Å². The van der Waals surface area contributed by atoms with Crippen molar-refractivity contribution in [3.63, 3.8) is 0 Å². The molecule has 0 amide bonds. The van der Waals surface area contributed by atoms with E-state index in [1.807, 2.05) is 0 Å². The van der Waals surface area contributed by atoms with Crippen LogP contribution in [0.1, 0.15) is 40.5 Å². The molecule has 0 spiro atoms. The number of nitrogens with one attached hydrogen (secondary N) is 1. The Morgan fingerprint density at radius 3 is 2.69 bits per heavy atom. The number of rotatable bonds is 6. The highest BCUT2D eigenvalue weighted by molar-refractivity contribution is 5.25. The number of allylic oxidation sites excluding steroid dienone is 4. The molecule has 1 N–H and O–H groups in total. The maximum absolute atomic E-state index is 3.51. The van der Waals surface area contributed by atoms with Crippen LogP contribution in [0.25, 0.3) is 0 Å². The van der Waals surface area contributed by atoms with Crippen LogP contribution in [0.2, 0.25) is 0 Å². The smallest absolute Gasteiger partial charge is 0.00258 e. The first-order valence-corrected chi connectivity index (χ1v) is 6.68. The maximum Gasteiger partial charge on any atom is -0.00258 e. The summed E-state index contributed by atoms with van der Waals surface area (Å²) in [6.07, 6.45) is 9.54. The monoisotopic (exact) mass is 221 g/mol. The van der Waals surface area contributed by atoms with Crippen LogP contribution in [0.4, 0.5) is 0 Å². The first kappa shape index (κ1) is 13.5. The molecule has 92 valence electrons. The molecule has 1 nitrogen and oxygen atoms in total. The summed E-state index contributed by atoms with van der Waals surface area (Å²) in [6.45, 7) is 11.4. The average molecular weight is 221 g/mol. The Hall–Kier alpha value is -0.560. The molecule has 1 aliphatic rings. The van der Waals surface area contributed by atoms with E-state index in [1.54, 1.807) is 0 Å². The minimum atomic E-state index is 0.698. The summed E-state index contributed by atoms with van der Waals surface area (Å²) in [5.74, 6) is 2.18. The predicted molar refractivity (Wildman–Crippen MR) is 72.5 cm³/mol. The van der Waals surface area contributed by atoms with Crippen LogP contribution in [0.5, 0.6) is 0 Å². The van der Waals surface area contributed by atoms with Gasteiger partial charge in [-0.2, -0.15) is 0 Å². The SMILES string of the molecule is CC(C)CNCCC(C)C1=CCC(C)C=C1. The van der Waals surface area contributed by atoms with E-state index in [1.165, 1.54) is 18.4 Å². The molecule has 0 saturated carbocycles. The van der Waals surface area contributed by atoms with E-state index in [0.717, 1.165) is 24.9 Å². The van der Waals surface area contributed by atoms with Crippen molar-refractivity contribution in [3.05, 3.63) is 23.8 Å². The molecule has 0 fully saturated rings. The van der Waals surface area contributed by atoms with E-state index >= 15 is 0 Å². The van der Waals surface area contributed by atoms with E-state index < -0.39 is 0 Å². The Labute approximate surface area is 101 Å². The van der Waals surface area contributed by atoms with Crippen molar-refractivity contribution in [1.29, 1.82) is 0 Å². The van der Waals surface area contributed by atoms with E-state index in [9.17, 15) is 0 Å². The molecule has 1 heteroatoms. The van der Waals surface area contributed by atoms with Gasteiger partial charge >= 0.3 is 0 Å². The molecule has 16 heavy (non-hydrogen) atoms. The van der Waals surface area contributed by atoms with Crippen molar-refractivity contribution < 1.29 is 0 Å². The van der Waals surface area contributed by atoms with Crippen LogP contribution in [0, 0.1) is 17.8 Å². The summed E-state index contributed by atoms with van der Waals surface area (Å²) in [5, 5.41) is 3.51. The van der Waals surface area contributed by atoms with Gasteiger partial charge in [-0.25, -0.2) is 0 Å². The van der Waals surface area contributed by atoms with Crippen molar-refractivity contribution in [2.75, 3.05) is 13.1 Å². The topological polar surface area (TPSA) is 12.0 Å². The van der Waals surface area contributed by atoms with Gasteiger partial charge in [0.05, 0.1) is 0 Å². The first-order chi connectivity index (χ1) is 7.59. The lowest BCUT2D eigenvalue weighted by molar-refractivity contribution is 0.508. The van der Waals surface area contributed by atoms with Gasteiger partial charge in [0.25, 0.3) is 0 Å². The molecule has 0 aromatic heterocycles. The summed E-state index contributed by atoms with van der Waals surface area (Å²) < 4.78 is 0. The van der Waals surface area contributed by atoms with E-state index in [0.29, 0.717) is 5.92 Å². The largest absolute Gasteiger partial charge is 0.316 e. The third kappa shape index (κ3) is 4.98. The van der Waals surface area contributed by atoms with E-state index in [4.69, 9.17) is 0 Å². The summed E-state index contributed by atoms with van der Waals surface area (Å²) in [5.41, 5.74) is 1.53. The zero-order chi connectivity index (χ0) is 12.0. The van der Waals surface area contributed by atoms with Crippen molar-refractivity contribution >= 4 is 0 Å². The quantitative estimate of drug-likeness (QED) is 0.673. The lowest BCUT2D eigenvalue weighted by Crippen LogP contribution is -2.22. The van der Waals surface area contributed by atoms with Crippen LogP contribution >= 0.6 is 0 Å². The molecule has 2 atom stereocenters. The summed E-state index contributed by atoms with van der Waals surface area (Å²) in [7, 11) is 0. The molecule has 0 aromatic rings. The molecule has 0 bridgehead atoms. The first-order valence-electron chi connectivity index (χ1n) is 6.68. The highest BCUT2D eigenvalue weighted by Gasteiger charge is 2.10. The normalized spacial score (nSPS) is 22.3. The molecule has 0 aliphatic heterocycles. The fourth-order valence-corrected chi connectivity index (χ4v) is 1.99. The summed E-state index contributed by atoms with van der Waals surface area (Å²) in [4.78, 5) is 0. The van der Waals surface area contributed by atoms with Gasteiger partial charge in [0, 0.05) is 0 Å². The Balaban J connectivity index is 2.20. The van der Waals surface area contributed by atoms with Gasteiger partial charge in [0.2, 0.25) is 0 Å². The van der Waals surface area contributed by atoms with Crippen LogP contribution < -0.4 is 5.32 Å². The zero-order valence-corrected chi connectivity index (χ0v) is 11.3. The van der Waals surface area contributed by atoms with Crippen LogP contribution in [0.3, 0.4) is 0 Å². The Morgan fingerprint density at radius 1 is 1.38 bits per heavy atom. The second-order valence-corrected chi connectivity index (χ2v) is 5.56. The fraction of sp³-hybridized carbons (Fsp3) is 0.733. The molecule has 0 aromatic carbocycles. The minimum absolute atomic E-state index is 0.698. The number of hydrogen-bond donors (Lipinski definition) is 1. The summed E-state index contributed by atoms with van der Waals surface area (Å²) in [6, 6.07) is 0. The second-order valence-electron chi connectivity index (χ2n) is 5.56. The highest BCUT2D eigenvalue weighted by Crippen LogP contribution is 2.23. The third-order valence-electron chi connectivity index (χ3n) is 3.22. The Morgan fingerprint density at radius 2 is 2.12 bits per heavy atom. The van der Waals surface area contributed by atoms with Gasteiger partial charge in [-0.05, 0) is 49.3 Å².